The van der Waals surface area contributed by atoms with Crippen LogP contribution >= 0.6 is 0 Å². The van der Waals surface area contributed by atoms with Gasteiger partial charge in [0.25, 0.3) is 0 Å². The molecule has 0 radical (unpaired) electrons. The van der Waals surface area contributed by atoms with E-state index in [0.29, 0.717) is 18.3 Å². The van der Waals surface area contributed by atoms with E-state index in [2.05, 4.69) is 4.84 Å². The van der Waals surface area contributed by atoms with E-state index in [1.165, 1.54) is 0 Å². The summed E-state index contributed by atoms with van der Waals surface area (Å²) in [5, 5.41) is 9.68. The van der Waals surface area contributed by atoms with Crippen LogP contribution in [0.15, 0.2) is 12.1 Å². The summed E-state index contributed by atoms with van der Waals surface area (Å²) in [6, 6.07) is 3.70. The van der Waals surface area contributed by atoms with Gasteiger partial charge in [0, 0.05) is 0 Å². The Labute approximate surface area is 84.5 Å². The number of rotatable bonds is 3. The molecule has 0 heterocycles. The minimum Gasteiger partial charge on any atom is -0.508 e. The molecule has 1 aromatic carbocycles. The second kappa shape index (κ2) is 4.44. The van der Waals surface area contributed by atoms with Gasteiger partial charge < -0.3 is 5.11 Å². The Morgan fingerprint density at radius 2 is 2.07 bits per heavy atom. The maximum Gasteiger partial charge on any atom is 0.119 e. The van der Waals surface area contributed by atoms with Gasteiger partial charge in [-0.3, -0.25) is 4.84 Å². The van der Waals surface area contributed by atoms with Crippen LogP contribution < -0.4 is 5.90 Å². The highest BCUT2D eigenvalue weighted by Crippen LogP contribution is 2.28. The van der Waals surface area contributed by atoms with E-state index in [1.54, 1.807) is 6.07 Å². The number of hydrogen-bond acceptors (Lipinski definition) is 3. The molecule has 0 aliphatic rings. The van der Waals surface area contributed by atoms with E-state index in [1.807, 2.05) is 26.8 Å². The van der Waals surface area contributed by atoms with Crippen molar-refractivity contribution in [3.8, 4) is 5.75 Å². The van der Waals surface area contributed by atoms with Crippen molar-refractivity contribution in [3.63, 3.8) is 0 Å². The lowest BCUT2D eigenvalue weighted by Crippen LogP contribution is -2.02. The second-order valence-electron chi connectivity index (χ2n) is 3.80. The Hall–Kier alpha value is -1.06. The van der Waals surface area contributed by atoms with Crippen molar-refractivity contribution in [2.24, 2.45) is 5.90 Å². The highest BCUT2D eigenvalue weighted by molar-refractivity contribution is 5.42. The van der Waals surface area contributed by atoms with Crippen LogP contribution in [0, 0.1) is 6.92 Å². The van der Waals surface area contributed by atoms with Gasteiger partial charge in [-0.1, -0.05) is 13.8 Å². The first-order valence-corrected chi connectivity index (χ1v) is 4.70. The fourth-order valence-corrected chi connectivity index (χ4v) is 1.46. The quantitative estimate of drug-likeness (QED) is 0.727. The summed E-state index contributed by atoms with van der Waals surface area (Å²) in [6.07, 6.45) is 0. The molecule has 1 aromatic rings. The van der Waals surface area contributed by atoms with Gasteiger partial charge in [0.2, 0.25) is 0 Å². The Kier molecular flexibility index (Phi) is 3.49. The van der Waals surface area contributed by atoms with E-state index in [9.17, 15) is 5.11 Å². The van der Waals surface area contributed by atoms with Crippen LogP contribution in [0.2, 0.25) is 0 Å². The highest BCUT2D eigenvalue weighted by Gasteiger charge is 2.09. The maximum atomic E-state index is 9.68. The molecule has 0 aliphatic heterocycles. The van der Waals surface area contributed by atoms with Gasteiger partial charge in [-0.25, -0.2) is 5.90 Å². The molecule has 0 unspecified atom stereocenters. The molecule has 1 rings (SSSR count). The van der Waals surface area contributed by atoms with Crippen LogP contribution in [0.4, 0.5) is 0 Å². The molecule has 0 amide bonds. The predicted molar refractivity (Wildman–Crippen MR) is 55.9 cm³/mol. The molecule has 0 fully saturated rings. The van der Waals surface area contributed by atoms with E-state index in [0.717, 1.165) is 16.7 Å². The first-order valence-electron chi connectivity index (χ1n) is 4.70. The lowest BCUT2D eigenvalue weighted by molar-refractivity contribution is 0.123. The summed E-state index contributed by atoms with van der Waals surface area (Å²) in [4.78, 5) is 4.60. The molecule has 0 spiro atoms. The number of aryl methyl sites for hydroxylation is 1. The number of benzene rings is 1. The molecule has 14 heavy (non-hydrogen) atoms. The third-order valence-corrected chi connectivity index (χ3v) is 2.35. The van der Waals surface area contributed by atoms with Gasteiger partial charge >= 0.3 is 0 Å². The van der Waals surface area contributed by atoms with Crippen molar-refractivity contribution in [1.29, 1.82) is 0 Å². The summed E-state index contributed by atoms with van der Waals surface area (Å²) in [5.41, 5.74) is 2.95. The minimum absolute atomic E-state index is 0.298. The molecular weight excluding hydrogens is 178 g/mol. The summed E-state index contributed by atoms with van der Waals surface area (Å²) < 4.78 is 0. The monoisotopic (exact) mass is 195 g/mol. The van der Waals surface area contributed by atoms with Gasteiger partial charge in [-0.2, -0.15) is 0 Å². The van der Waals surface area contributed by atoms with Gasteiger partial charge in [0.15, 0.2) is 0 Å². The molecule has 0 atom stereocenters. The van der Waals surface area contributed by atoms with Crippen LogP contribution in [0.3, 0.4) is 0 Å². The zero-order valence-corrected chi connectivity index (χ0v) is 8.87. The highest BCUT2D eigenvalue weighted by atomic mass is 16.6. The molecule has 0 saturated carbocycles. The van der Waals surface area contributed by atoms with Gasteiger partial charge in [-0.15, -0.1) is 0 Å². The van der Waals surface area contributed by atoms with Crippen molar-refractivity contribution in [1.82, 2.24) is 0 Å². The Bertz CT molecular complexity index is 321. The molecule has 78 valence electrons. The molecule has 0 saturated heterocycles. The average Bonchev–Trinajstić information content (AvgIpc) is 2.09. The summed E-state index contributed by atoms with van der Waals surface area (Å²) in [6.45, 7) is 6.39. The van der Waals surface area contributed by atoms with Crippen LogP contribution in [0.1, 0.15) is 36.5 Å². The maximum absolute atomic E-state index is 9.68. The Morgan fingerprint density at radius 1 is 1.43 bits per heavy atom. The van der Waals surface area contributed by atoms with Crippen molar-refractivity contribution in [2.75, 3.05) is 0 Å². The van der Waals surface area contributed by atoms with Crippen LogP contribution in [0.5, 0.6) is 5.75 Å². The summed E-state index contributed by atoms with van der Waals surface area (Å²) in [5.74, 6) is 5.68. The smallest absolute Gasteiger partial charge is 0.119 e. The number of nitrogens with two attached hydrogens (primary N) is 1. The first-order chi connectivity index (χ1) is 6.56. The fourth-order valence-electron chi connectivity index (χ4n) is 1.46. The Balaban J connectivity index is 3.13. The number of phenolic OH excluding ortho intramolecular Hbond substituents is 1. The molecule has 3 heteroatoms. The average molecular weight is 195 g/mol. The van der Waals surface area contributed by atoms with Crippen molar-refractivity contribution >= 4 is 0 Å². The number of aromatic hydroxyl groups is 1. The first kappa shape index (κ1) is 11.0. The van der Waals surface area contributed by atoms with Crippen molar-refractivity contribution < 1.29 is 9.94 Å². The lowest BCUT2D eigenvalue weighted by atomic mass is 9.97. The minimum atomic E-state index is 0.298. The standard InChI is InChI=1S/C11H17NO2/c1-7(2)10-5-9(6-14-12)8(3)4-11(10)13/h4-5,7,13H,6,12H2,1-3H3. The van der Waals surface area contributed by atoms with Gasteiger partial charge in [0.1, 0.15) is 5.75 Å². The fraction of sp³-hybridized carbons (Fsp3) is 0.455. The SMILES string of the molecule is Cc1cc(O)c(C(C)C)cc1CON. The van der Waals surface area contributed by atoms with Crippen LogP contribution in [-0.2, 0) is 11.4 Å². The third-order valence-electron chi connectivity index (χ3n) is 2.35. The summed E-state index contributed by atoms with van der Waals surface area (Å²) >= 11 is 0. The lowest BCUT2D eigenvalue weighted by Gasteiger charge is -2.12. The zero-order valence-electron chi connectivity index (χ0n) is 8.87. The molecular formula is C11H17NO2. The van der Waals surface area contributed by atoms with E-state index >= 15 is 0 Å². The van der Waals surface area contributed by atoms with Crippen LogP contribution in [-0.4, -0.2) is 5.11 Å². The number of phenols is 1. The van der Waals surface area contributed by atoms with Gasteiger partial charge in [-0.05, 0) is 41.7 Å². The topological polar surface area (TPSA) is 55.5 Å². The summed E-state index contributed by atoms with van der Waals surface area (Å²) in [7, 11) is 0. The number of hydrogen-bond donors (Lipinski definition) is 2. The van der Waals surface area contributed by atoms with Crippen molar-refractivity contribution in [2.45, 2.75) is 33.3 Å². The third kappa shape index (κ3) is 2.25. The molecule has 3 nitrogen and oxygen atoms in total. The van der Waals surface area contributed by atoms with E-state index in [4.69, 9.17) is 5.90 Å². The van der Waals surface area contributed by atoms with Crippen LogP contribution in [0.25, 0.3) is 0 Å². The van der Waals surface area contributed by atoms with Gasteiger partial charge in [0.05, 0.1) is 6.61 Å². The van der Waals surface area contributed by atoms with E-state index in [-0.39, 0.29) is 0 Å². The normalized spacial score (nSPS) is 10.9. The second-order valence-corrected chi connectivity index (χ2v) is 3.80. The van der Waals surface area contributed by atoms with Crippen molar-refractivity contribution in [3.05, 3.63) is 28.8 Å². The molecule has 3 N–H and O–H groups in total. The zero-order chi connectivity index (χ0) is 10.7. The molecule has 0 aliphatic carbocycles. The molecule has 0 aromatic heterocycles. The Morgan fingerprint density at radius 3 is 2.57 bits per heavy atom. The molecule has 0 bridgehead atoms. The largest absolute Gasteiger partial charge is 0.508 e. The predicted octanol–water partition coefficient (Wildman–Crippen LogP) is 2.21. The van der Waals surface area contributed by atoms with E-state index < -0.39 is 0 Å².